The topological polar surface area (TPSA) is 54.3 Å². The summed E-state index contributed by atoms with van der Waals surface area (Å²) in [6.45, 7) is 1.80. The first-order valence-electron chi connectivity index (χ1n) is 5.83. The number of furan rings is 1. The number of fused-ring (bicyclic) bond motifs is 1. The summed E-state index contributed by atoms with van der Waals surface area (Å²) in [4.78, 5) is 11.9. The molecular formula is C13H14N2O2. The van der Waals surface area contributed by atoms with Gasteiger partial charge in [0, 0.05) is 18.0 Å². The molecule has 1 aromatic heterocycles. The third-order valence-electron chi connectivity index (χ3n) is 3.04. The second-order valence-corrected chi connectivity index (χ2v) is 4.31. The molecule has 4 nitrogen and oxygen atoms in total. The van der Waals surface area contributed by atoms with Gasteiger partial charge in [-0.25, -0.2) is 0 Å². The molecule has 2 N–H and O–H groups in total. The van der Waals surface area contributed by atoms with E-state index in [4.69, 9.17) is 4.42 Å². The Morgan fingerprint density at radius 1 is 1.41 bits per heavy atom. The van der Waals surface area contributed by atoms with E-state index in [0.29, 0.717) is 5.76 Å². The normalized spacial score (nSPS) is 19.6. The molecule has 0 bridgehead atoms. The maximum atomic E-state index is 11.9. The van der Waals surface area contributed by atoms with Crippen LogP contribution >= 0.6 is 0 Å². The summed E-state index contributed by atoms with van der Waals surface area (Å²) < 4.78 is 5.51. The van der Waals surface area contributed by atoms with E-state index in [-0.39, 0.29) is 11.9 Å². The fourth-order valence-electron chi connectivity index (χ4n) is 2.13. The lowest BCUT2D eigenvalue weighted by Gasteiger charge is -2.08. The molecule has 17 heavy (non-hydrogen) atoms. The number of hydrogen-bond donors (Lipinski definition) is 2. The van der Waals surface area contributed by atoms with Gasteiger partial charge >= 0.3 is 0 Å². The maximum Gasteiger partial charge on any atom is 0.287 e. The number of hydrogen-bond acceptors (Lipinski definition) is 3. The van der Waals surface area contributed by atoms with Crippen LogP contribution in [0.5, 0.6) is 0 Å². The Morgan fingerprint density at radius 2 is 2.29 bits per heavy atom. The van der Waals surface area contributed by atoms with Gasteiger partial charge in [-0.3, -0.25) is 4.79 Å². The summed E-state index contributed by atoms with van der Waals surface area (Å²) in [5, 5.41) is 7.13. The van der Waals surface area contributed by atoms with Crippen molar-refractivity contribution in [1.82, 2.24) is 10.6 Å². The zero-order valence-corrected chi connectivity index (χ0v) is 9.40. The molecule has 1 amide bonds. The van der Waals surface area contributed by atoms with Crippen LogP contribution in [0.2, 0.25) is 0 Å². The molecule has 1 aliphatic rings. The van der Waals surface area contributed by atoms with Gasteiger partial charge in [0.15, 0.2) is 5.76 Å². The molecule has 2 heterocycles. The van der Waals surface area contributed by atoms with Gasteiger partial charge < -0.3 is 15.1 Å². The fraction of sp³-hybridized carbons (Fsp3) is 0.308. The van der Waals surface area contributed by atoms with Crippen molar-refractivity contribution in [3.8, 4) is 0 Å². The molecule has 0 spiro atoms. The number of amides is 1. The smallest absolute Gasteiger partial charge is 0.287 e. The van der Waals surface area contributed by atoms with Crippen LogP contribution in [0.3, 0.4) is 0 Å². The molecule has 0 radical (unpaired) electrons. The van der Waals surface area contributed by atoms with Crippen molar-refractivity contribution in [2.45, 2.75) is 12.5 Å². The third kappa shape index (κ3) is 2.03. The second kappa shape index (κ2) is 4.22. The van der Waals surface area contributed by atoms with Gasteiger partial charge in [-0.15, -0.1) is 0 Å². The van der Waals surface area contributed by atoms with Gasteiger partial charge in [0.1, 0.15) is 5.58 Å². The Labute approximate surface area is 99.0 Å². The predicted octanol–water partition coefficient (Wildman–Crippen LogP) is 1.52. The van der Waals surface area contributed by atoms with Crippen LogP contribution in [0.25, 0.3) is 11.0 Å². The SMILES string of the molecule is O=C(N[C@@H]1CCNC1)c1cc2ccccc2o1. The first-order valence-corrected chi connectivity index (χ1v) is 5.83. The molecule has 1 saturated heterocycles. The molecule has 4 heteroatoms. The highest BCUT2D eigenvalue weighted by Gasteiger charge is 2.19. The van der Waals surface area contributed by atoms with E-state index in [0.717, 1.165) is 30.5 Å². The van der Waals surface area contributed by atoms with E-state index >= 15 is 0 Å². The quantitative estimate of drug-likeness (QED) is 0.822. The van der Waals surface area contributed by atoms with Crippen molar-refractivity contribution in [3.05, 3.63) is 36.1 Å². The lowest BCUT2D eigenvalue weighted by molar-refractivity contribution is 0.0914. The third-order valence-corrected chi connectivity index (χ3v) is 3.04. The van der Waals surface area contributed by atoms with Crippen LogP contribution in [-0.4, -0.2) is 25.0 Å². The highest BCUT2D eigenvalue weighted by Crippen LogP contribution is 2.18. The Morgan fingerprint density at radius 3 is 3.06 bits per heavy atom. The summed E-state index contributed by atoms with van der Waals surface area (Å²) in [6, 6.07) is 9.63. The molecule has 2 aromatic rings. The second-order valence-electron chi connectivity index (χ2n) is 4.31. The van der Waals surface area contributed by atoms with E-state index in [2.05, 4.69) is 10.6 Å². The van der Waals surface area contributed by atoms with Crippen LogP contribution in [0.4, 0.5) is 0 Å². The van der Waals surface area contributed by atoms with Gasteiger partial charge in [-0.05, 0) is 25.1 Å². The lowest BCUT2D eigenvalue weighted by Crippen LogP contribution is -2.35. The van der Waals surface area contributed by atoms with Gasteiger partial charge in [-0.1, -0.05) is 18.2 Å². The van der Waals surface area contributed by atoms with E-state index in [9.17, 15) is 4.79 Å². The standard InChI is InChI=1S/C13H14N2O2/c16-13(15-10-5-6-14-8-10)12-7-9-3-1-2-4-11(9)17-12/h1-4,7,10,14H,5-6,8H2,(H,15,16)/t10-/m1/s1. The zero-order chi connectivity index (χ0) is 11.7. The average molecular weight is 230 g/mol. The van der Waals surface area contributed by atoms with Gasteiger partial charge in [0.2, 0.25) is 0 Å². The fourth-order valence-corrected chi connectivity index (χ4v) is 2.13. The number of para-hydroxylation sites is 1. The molecule has 1 aliphatic heterocycles. The maximum absolute atomic E-state index is 11.9. The molecule has 0 aliphatic carbocycles. The van der Waals surface area contributed by atoms with E-state index in [1.165, 1.54) is 0 Å². The van der Waals surface area contributed by atoms with Crippen molar-refractivity contribution >= 4 is 16.9 Å². The summed E-state index contributed by atoms with van der Waals surface area (Å²) in [6.07, 6.45) is 0.978. The monoisotopic (exact) mass is 230 g/mol. The van der Waals surface area contributed by atoms with Crippen LogP contribution in [0, 0.1) is 0 Å². The van der Waals surface area contributed by atoms with Crippen molar-refractivity contribution in [2.24, 2.45) is 0 Å². The number of carbonyl (C=O) groups excluding carboxylic acids is 1. The van der Waals surface area contributed by atoms with Crippen LogP contribution < -0.4 is 10.6 Å². The van der Waals surface area contributed by atoms with Gasteiger partial charge in [0.05, 0.1) is 0 Å². The summed E-state index contributed by atoms with van der Waals surface area (Å²) in [5.41, 5.74) is 0.752. The molecule has 0 saturated carbocycles. The van der Waals surface area contributed by atoms with E-state index in [1.54, 1.807) is 6.07 Å². The van der Waals surface area contributed by atoms with E-state index in [1.807, 2.05) is 24.3 Å². The highest BCUT2D eigenvalue weighted by molar-refractivity contribution is 5.96. The highest BCUT2D eigenvalue weighted by atomic mass is 16.3. The minimum absolute atomic E-state index is 0.130. The number of benzene rings is 1. The molecular weight excluding hydrogens is 216 g/mol. The predicted molar refractivity (Wildman–Crippen MR) is 65.0 cm³/mol. The van der Waals surface area contributed by atoms with Crippen LogP contribution in [0.15, 0.2) is 34.7 Å². The first kappa shape index (κ1) is 10.4. The lowest BCUT2D eigenvalue weighted by atomic mass is 10.2. The van der Waals surface area contributed by atoms with Gasteiger partial charge in [-0.2, -0.15) is 0 Å². The number of rotatable bonds is 2. The first-order chi connectivity index (χ1) is 8.33. The van der Waals surface area contributed by atoms with Crippen molar-refractivity contribution in [2.75, 3.05) is 13.1 Å². The Balaban J connectivity index is 1.80. The summed E-state index contributed by atoms with van der Waals surface area (Å²) in [7, 11) is 0. The zero-order valence-electron chi connectivity index (χ0n) is 9.40. The molecule has 3 rings (SSSR count). The Bertz CT molecular complexity index is 508. The Kier molecular flexibility index (Phi) is 2.57. The Hall–Kier alpha value is -1.81. The summed E-state index contributed by atoms with van der Waals surface area (Å²) >= 11 is 0. The minimum atomic E-state index is -0.130. The molecule has 1 fully saturated rings. The van der Waals surface area contributed by atoms with Crippen LogP contribution in [0.1, 0.15) is 17.0 Å². The molecule has 0 unspecified atom stereocenters. The molecule has 1 aromatic carbocycles. The van der Waals surface area contributed by atoms with Crippen molar-refractivity contribution in [1.29, 1.82) is 0 Å². The minimum Gasteiger partial charge on any atom is -0.451 e. The number of carbonyl (C=O) groups is 1. The van der Waals surface area contributed by atoms with Crippen LogP contribution in [-0.2, 0) is 0 Å². The molecule has 1 atom stereocenters. The largest absolute Gasteiger partial charge is 0.451 e. The summed E-state index contributed by atoms with van der Waals surface area (Å²) in [5.74, 6) is 0.257. The van der Waals surface area contributed by atoms with Crippen molar-refractivity contribution < 1.29 is 9.21 Å². The average Bonchev–Trinajstić information content (AvgIpc) is 2.96. The molecule has 88 valence electrons. The van der Waals surface area contributed by atoms with Crippen molar-refractivity contribution in [3.63, 3.8) is 0 Å². The number of nitrogens with one attached hydrogen (secondary N) is 2. The van der Waals surface area contributed by atoms with E-state index < -0.39 is 0 Å². The van der Waals surface area contributed by atoms with Gasteiger partial charge in [0.25, 0.3) is 5.91 Å².